The van der Waals surface area contributed by atoms with Gasteiger partial charge in [0, 0.05) is 19.1 Å². The molecule has 1 saturated heterocycles. The number of rotatable bonds is 5. The largest absolute Gasteiger partial charge is 0.299 e. The second-order valence-corrected chi connectivity index (χ2v) is 9.60. The Morgan fingerprint density at radius 3 is 2.48 bits per heavy atom. The van der Waals surface area contributed by atoms with Gasteiger partial charge in [-0.25, -0.2) is 13.1 Å². The molecule has 0 bridgehead atoms. The topological polar surface area (TPSA) is 49.4 Å². The molecule has 128 valence electrons. The summed E-state index contributed by atoms with van der Waals surface area (Å²) in [4.78, 5) is 2.58. The summed E-state index contributed by atoms with van der Waals surface area (Å²) in [6.45, 7) is 6.19. The van der Waals surface area contributed by atoms with Gasteiger partial charge in [0.1, 0.15) is 0 Å². The van der Waals surface area contributed by atoms with Crippen molar-refractivity contribution in [1.82, 2.24) is 9.62 Å². The molecular weight excluding hydrogens is 308 g/mol. The van der Waals surface area contributed by atoms with E-state index in [9.17, 15) is 8.42 Å². The van der Waals surface area contributed by atoms with Gasteiger partial charge < -0.3 is 0 Å². The van der Waals surface area contributed by atoms with Crippen molar-refractivity contribution in [2.75, 3.05) is 19.6 Å². The average molecular weight is 337 g/mol. The number of piperidine rings is 1. The van der Waals surface area contributed by atoms with E-state index in [0.717, 1.165) is 32.4 Å². The minimum Gasteiger partial charge on any atom is -0.299 e. The monoisotopic (exact) mass is 336 g/mol. The van der Waals surface area contributed by atoms with Crippen LogP contribution in [0.3, 0.4) is 0 Å². The van der Waals surface area contributed by atoms with Crippen LogP contribution in [0.5, 0.6) is 0 Å². The lowest BCUT2D eigenvalue weighted by molar-refractivity contribution is 0.128. The van der Waals surface area contributed by atoms with E-state index in [4.69, 9.17) is 0 Å². The first-order chi connectivity index (χ1) is 11.0. The van der Waals surface area contributed by atoms with E-state index in [0.29, 0.717) is 18.5 Å². The molecule has 0 spiro atoms. The first-order valence-corrected chi connectivity index (χ1v) is 10.3. The van der Waals surface area contributed by atoms with Crippen LogP contribution in [0, 0.1) is 5.92 Å². The van der Waals surface area contributed by atoms with Crippen LogP contribution in [0.15, 0.2) is 24.3 Å². The molecule has 0 amide bonds. The fourth-order valence-electron chi connectivity index (χ4n) is 3.79. The standard InChI is InChI=1S/C18H28N2O2S/c1-14(2)23(21,22)19-12-15-6-5-9-20(13-15)18-10-16-7-3-4-8-17(16)11-18/h3-4,7-8,14-15,18-19H,5-6,9-13H2,1-2H3/t15-/m1/s1. The van der Waals surface area contributed by atoms with E-state index in [2.05, 4.69) is 33.9 Å². The van der Waals surface area contributed by atoms with Gasteiger partial charge in [-0.05, 0) is 63.1 Å². The van der Waals surface area contributed by atoms with E-state index in [-0.39, 0.29) is 5.25 Å². The number of fused-ring (bicyclic) bond motifs is 1. The molecule has 1 aliphatic heterocycles. The van der Waals surface area contributed by atoms with Crippen molar-refractivity contribution in [3.8, 4) is 0 Å². The lowest BCUT2D eigenvalue weighted by Crippen LogP contribution is -2.46. The Labute approximate surface area is 140 Å². The summed E-state index contributed by atoms with van der Waals surface area (Å²) < 4.78 is 26.7. The molecule has 0 saturated carbocycles. The Hall–Kier alpha value is -0.910. The van der Waals surface area contributed by atoms with Crippen LogP contribution in [-0.4, -0.2) is 44.2 Å². The van der Waals surface area contributed by atoms with Gasteiger partial charge in [0.25, 0.3) is 0 Å². The number of hydrogen-bond donors (Lipinski definition) is 1. The minimum absolute atomic E-state index is 0.355. The highest BCUT2D eigenvalue weighted by molar-refractivity contribution is 7.90. The predicted molar refractivity (Wildman–Crippen MR) is 94.0 cm³/mol. The van der Waals surface area contributed by atoms with Crippen molar-refractivity contribution in [3.05, 3.63) is 35.4 Å². The van der Waals surface area contributed by atoms with Crippen molar-refractivity contribution >= 4 is 10.0 Å². The van der Waals surface area contributed by atoms with Gasteiger partial charge in [0.15, 0.2) is 0 Å². The van der Waals surface area contributed by atoms with Gasteiger partial charge in [-0.15, -0.1) is 0 Å². The third-order valence-electron chi connectivity index (χ3n) is 5.29. The van der Waals surface area contributed by atoms with E-state index < -0.39 is 10.0 Å². The van der Waals surface area contributed by atoms with Gasteiger partial charge >= 0.3 is 0 Å². The Morgan fingerprint density at radius 1 is 1.22 bits per heavy atom. The molecule has 1 N–H and O–H groups in total. The maximum atomic E-state index is 11.9. The molecule has 2 aliphatic rings. The molecular formula is C18H28N2O2S. The molecule has 3 rings (SSSR count). The minimum atomic E-state index is -3.15. The molecule has 0 unspecified atom stereocenters. The third-order valence-corrected chi connectivity index (χ3v) is 7.10. The van der Waals surface area contributed by atoms with E-state index in [1.165, 1.54) is 17.5 Å². The van der Waals surface area contributed by atoms with Crippen LogP contribution in [0.2, 0.25) is 0 Å². The lowest BCUT2D eigenvalue weighted by atomic mass is 9.96. The fraction of sp³-hybridized carbons (Fsp3) is 0.667. The van der Waals surface area contributed by atoms with Crippen LogP contribution in [-0.2, 0) is 22.9 Å². The summed E-state index contributed by atoms with van der Waals surface area (Å²) in [5, 5.41) is -0.355. The number of likely N-dealkylation sites (tertiary alicyclic amines) is 1. The van der Waals surface area contributed by atoms with E-state index in [1.807, 2.05) is 0 Å². The summed E-state index contributed by atoms with van der Waals surface area (Å²) in [6.07, 6.45) is 4.57. The van der Waals surface area contributed by atoms with E-state index in [1.54, 1.807) is 13.8 Å². The fourth-order valence-corrected chi connectivity index (χ4v) is 4.59. The zero-order valence-electron chi connectivity index (χ0n) is 14.2. The molecule has 1 atom stereocenters. The maximum Gasteiger partial charge on any atom is 0.213 e. The molecule has 1 fully saturated rings. The summed E-state index contributed by atoms with van der Waals surface area (Å²) in [7, 11) is -3.15. The molecule has 0 aromatic heterocycles. The maximum absolute atomic E-state index is 11.9. The van der Waals surface area contributed by atoms with Crippen LogP contribution in [0.1, 0.15) is 37.8 Å². The number of nitrogens with zero attached hydrogens (tertiary/aromatic N) is 1. The normalized spacial score (nSPS) is 23.3. The zero-order chi connectivity index (χ0) is 16.4. The molecule has 1 aromatic carbocycles. The molecule has 23 heavy (non-hydrogen) atoms. The van der Waals surface area contributed by atoms with Crippen molar-refractivity contribution in [3.63, 3.8) is 0 Å². The van der Waals surface area contributed by atoms with Gasteiger partial charge in [-0.1, -0.05) is 24.3 Å². The number of benzene rings is 1. The van der Waals surface area contributed by atoms with Gasteiger partial charge in [0.05, 0.1) is 5.25 Å². The summed E-state index contributed by atoms with van der Waals surface area (Å²) >= 11 is 0. The quantitative estimate of drug-likeness (QED) is 0.897. The Balaban J connectivity index is 1.55. The Kier molecular flexibility index (Phi) is 5.09. The highest BCUT2D eigenvalue weighted by Gasteiger charge is 2.30. The SMILES string of the molecule is CC(C)S(=O)(=O)NC[C@H]1CCCN(C2Cc3ccccc3C2)C1. The summed E-state index contributed by atoms with van der Waals surface area (Å²) in [5.41, 5.74) is 2.97. The number of sulfonamides is 1. The summed E-state index contributed by atoms with van der Waals surface area (Å²) in [5.74, 6) is 0.431. The Bertz CT molecular complexity index is 617. The van der Waals surface area contributed by atoms with Crippen LogP contribution in [0.25, 0.3) is 0 Å². The second-order valence-electron chi connectivity index (χ2n) is 7.28. The van der Waals surface area contributed by atoms with Crippen molar-refractivity contribution in [2.24, 2.45) is 5.92 Å². The molecule has 5 heteroatoms. The zero-order valence-corrected chi connectivity index (χ0v) is 15.0. The van der Waals surface area contributed by atoms with Crippen LogP contribution < -0.4 is 4.72 Å². The first-order valence-electron chi connectivity index (χ1n) is 8.75. The van der Waals surface area contributed by atoms with Crippen molar-refractivity contribution < 1.29 is 8.42 Å². The Morgan fingerprint density at radius 2 is 1.87 bits per heavy atom. The van der Waals surface area contributed by atoms with Crippen LogP contribution in [0.4, 0.5) is 0 Å². The van der Waals surface area contributed by atoms with Crippen molar-refractivity contribution in [2.45, 2.75) is 50.8 Å². The highest BCUT2D eigenvalue weighted by Crippen LogP contribution is 2.28. The molecule has 1 aliphatic carbocycles. The van der Waals surface area contributed by atoms with Gasteiger partial charge in [-0.3, -0.25) is 4.90 Å². The molecule has 0 radical (unpaired) electrons. The molecule has 1 aromatic rings. The summed E-state index contributed by atoms with van der Waals surface area (Å²) in [6, 6.07) is 9.33. The van der Waals surface area contributed by atoms with Crippen molar-refractivity contribution in [1.29, 1.82) is 0 Å². The number of nitrogens with one attached hydrogen (secondary N) is 1. The number of hydrogen-bond acceptors (Lipinski definition) is 3. The average Bonchev–Trinajstić information content (AvgIpc) is 2.97. The molecule has 1 heterocycles. The first kappa shape index (κ1) is 16.9. The highest BCUT2D eigenvalue weighted by atomic mass is 32.2. The molecule has 4 nitrogen and oxygen atoms in total. The second kappa shape index (κ2) is 6.91. The van der Waals surface area contributed by atoms with Gasteiger partial charge in [-0.2, -0.15) is 0 Å². The smallest absolute Gasteiger partial charge is 0.213 e. The van der Waals surface area contributed by atoms with Crippen LogP contribution >= 0.6 is 0 Å². The third kappa shape index (κ3) is 3.95. The van der Waals surface area contributed by atoms with Gasteiger partial charge in [0.2, 0.25) is 10.0 Å². The van der Waals surface area contributed by atoms with E-state index >= 15 is 0 Å². The lowest BCUT2D eigenvalue weighted by Gasteiger charge is -2.37. The predicted octanol–water partition coefficient (Wildman–Crippen LogP) is 2.19.